The predicted molar refractivity (Wildman–Crippen MR) is 129 cm³/mol. The minimum atomic E-state index is -0.00170. The number of nitrogens with one attached hydrogen (secondary N) is 1. The number of aromatic nitrogens is 3. The van der Waals surface area contributed by atoms with Crippen molar-refractivity contribution in [3.8, 4) is 17.0 Å². The highest BCUT2D eigenvalue weighted by molar-refractivity contribution is 7.20. The van der Waals surface area contributed by atoms with Gasteiger partial charge in [0.1, 0.15) is 5.75 Å². The van der Waals surface area contributed by atoms with E-state index < -0.39 is 0 Å². The third kappa shape index (κ3) is 4.49. The van der Waals surface area contributed by atoms with Gasteiger partial charge in [0.15, 0.2) is 0 Å². The van der Waals surface area contributed by atoms with Crippen molar-refractivity contribution in [2.45, 2.75) is 19.3 Å². The number of carbonyl (C=O) groups excluding carboxylic acids is 1. The highest BCUT2D eigenvalue weighted by atomic mass is 32.1. The van der Waals surface area contributed by atoms with Crippen molar-refractivity contribution in [1.82, 2.24) is 19.9 Å². The number of hydrogen-bond donors (Lipinski definition) is 1. The maximum absolute atomic E-state index is 12.7. The summed E-state index contributed by atoms with van der Waals surface area (Å²) in [5.41, 5.74) is 1.92. The van der Waals surface area contributed by atoms with Crippen LogP contribution in [0.1, 0.15) is 17.7 Å². The SMILES string of the molecule is COc1ccc(-c2cn3nc(N4CCC[C@H](C(=O)NCCc5cccs5)C4)sc3n2)cc1. The molecule has 5 rings (SSSR count). The highest BCUT2D eigenvalue weighted by Gasteiger charge is 2.27. The van der Waals surface area contributed by atoms with Gasteiger partial charge in [-0.05, 0) is 55.0 Å². The molecule has 9 heteroatoms. The molecule has 1 aromatic carbocycles. The van der Waals surface area contributed by atoms with E-state index in [1.165, 1.54) is 4.88 Å². The molecule has 1 atom stereocenters. The molecule has 1 aliphatic rings. The molecule has 4 heterocycles. The fourth-order valence-corrected chi connectivity index (χ4v) is 5.62. The topological polar surface area (TPSA) is 71.8 Å². The molecule has 1 amide bonds. The Morgan fingerprint density at radius 1 is 1.28 bits per heavy atom. The number of anilines is 1. The van der Waals surface area contributed by atoms with E-state index in [0.717, 1.165) is 52.9 Å². The molecule has 0 radical (unpaired) electrons. The lowest BCUT2D eigenvalue weighted by Gasteiger charge is -2.31. The van der Waals surface area contributed by atoms with E-state index in [2.05, 4.69) is 21.7 Å². The van der Waals surface area contributed by atoms with Crippen LogP contribution in [0.2, 0.25) is 0 Å². The summed E-state index contributed by atoms with van der Waals surface area (Å²) >= 11 is 3.30. The van der Waals surface area contributed by atoms with Gasteiger partial charge in [0.05, 0.1) is 24.9 Å². The van der Waals surface area contributed by atoms with Crippen LogP contribution >= 0.6 is 22.7 Å². The summed E-state index contributed by atoms with van der Waals surface area (Å²) in [7, 11) is 1.66. The van der Waals surface area contributed by atoms with Gasteiger partial charge >= 0.3 is 0 Å². The Morgan fingerprint density at radius 3 is 2.91 bits per heavy atom. The second-order valence-corrected chi connectivity index (χ2v) is 9.84. The Balaban J connectivity index is 1.22. The number of imidazole rings is 1. The van der Waals surface area contributed by atoms with E-state index in [-0.39, 0.29) is 11.8 Å². The number of ether oxygens (including phenoxy) is 1. The number of fused-ring (bicyclic) bond motifs is 1. The summed E-state index contributed by atoms with van der Waals surface area (Å²) < 4.78 is 7.06. The molecular weight excluding hydrogens is 442 g/mol. The second-order valence-electron chi connectivity index (χ2n) is 7.87. The Bertz CT molecular complexity index is 1150. The molecule has 0 saturated carbocycles. The van der Waals surface area contributed by atoms with Crippen molar-refractivity contribution in [3.63, 3.8) is 0 Å². The van der Waals surface area contributed by atoms with Crippen LogP contribution in [-0.4, -0.2) is 47.2 Å². The van der Waals surface area contributed by atoms with E-state index in [1.807, 2.05) is 41.0 Å². The van der Waals surface area contributed by atoms with Crippen molar-refractivity contribution in [3.05, 3.63) is 52.9 Å². The zero-order valence-corrected chi connectivity index (χ0v) is 19.5. The summed E-state index contributed by atoms with van der Waals surface area (Å²) in [6.07, 6.45) is 4.75. The van der Waals surface area contributed by atoms with Gasteiger partial charge < -0.3 is 15.0 Å². The van der Waals surface area contributed by atoms with Gasteiger partial charge in [-0.3, -0.25) is 4.79 Å². The predicted octanol–water partition coefficient (Wildman–Crippen LogP) is 4.10. The van der Waals surface area contributed by atoms with Crippen molar-refractivity contribution >= 4 is 38.7 Å². The van der Waals surface area contributed by atoms with Crippen LogP contribution in [0.5, 0.6) is 5.75 Å². The Morgan fingerprint density at radius 2 is 2.16 bits per heavy atom. The van der Waals surface area contributed by atoms with Crippen LogP contribution in [0.15, 0.2) is 48.0 Å². The Kier molecular flexibility index (Phi) is 6.09. The molecule has 4 aromatic rings. The highest BCUT2D eigenvalue weighted by Crippen LogP contribution is 2.30. The van der Waals surface area contributed by atoms with E-state index in [1.54, 1.807) is 29.8 Å². The van der Waals surface area contributed by atoms with Gasteiger partial charge in [0, 0.05) is 30.1 Å². The van der Waals surface area contributed by atoms with Crippen LogP contribution in [-0.2, 0) is 11.2 Å². The molecular formula is C23H25N5O2S2. The number of methoxy groups -OCH3 is 1. The summed E-state index contributed by atoms with van der Waals surface area (Å²) in [5, 5.41) is 10.9. The Hall–Kier alpha value is -2.91. The number of carbonyl (C=O) groups is 1. The lowest BCUT2D eigenvalue weighted by atomic mass is 9.97. The lowest BCUT2D eigenvalue weighted by molar-refractivity contribution is -0.125. The zero-order chi connectivity index (χ0) is 21.9. The minimum absolute atomic E-state index is 0.00170. The van der Waals surface area contributed by atoms with Gasteiger partial charge in [0.25, 0.3) is 0 Å². The molecule has 166 valence electrons. The first-order valence-electron chi connectivity index (χ1n) is 10.8. The number of nitrogens with zero attached hydrogens (tertiary/aromatic N) is 4. The molecule has 32 heavy (non-hydrogen) atoms. The summed E-state index contributed by atoms with van der Waals surface area (Å²) in [5.74, 6) is 0.970. The van der Waals surface area contributed by atoms with Crippen molar-refractivity contribution in [2.75, 3.05) is 31.6 Å². The molecule has 0 aliphatic carbocycles. The maximum atomic E-state index is 12.7. The number of rotatable bonds is 7. The number of thiophene rings is 1. The van der Waals surface area contributed by atoms with Crippen LogP contribution < -0.4 is 15.0 Å². The first-order chi connectivity index (χ1) is 15.7. The Labute approximate surface area is 194 Å². The van der Waals surface area contributed by atoms with Gasteiger partial charge in [-0.15, -0.1) is 16.4 Å². The van der Waals surface area contributed by atoms with Gasteiger partial charge in [0.2, 0.25) is 16.0 Å². The average molecular weight is 468 g/mol. The maximum Gasteiger partial charge on any atom is 0.224 e. The van der Waals surface area contributed by atoms with Crippen molar-refractivity contribution in [1.29, 1.82) is 0 Å². The van der Waals surface area contributed by atoms with E-state index in [9.17, 15) is 4.79 Å². The molecule has 7 nitrogen and oxygen atoms in total. The number of amides is 1. The van der Waals surface area contributed by atoms with Crippen molar-refractivity contribution in [2.24, 2.45) is 5.92 Å². The average Bonchev–Trinajstić information content (AvgIpc) is 3.56. The molecule has 3 aromatic heterocycles. The van der Waals surface area contributed by atoms with Crippen LogP contribution in [0.25, 0.3) is 16.2 Å². The fourth-order valence-electron chi connectivity index (χ4n) is 3.99. The van der Waals surface area contributed by atoms with Gasteiger partial charge in [-0.25, -0.2) is 9.50 Å². The third-order valence-electron chi connectivity index (χ3n) is 5.73. The largest absolute Gasteiger partial charge is 0.497 e. The standard InChI is InChI=1S/C23H25N5O2S2/c1-30-18-8-6-16(7-9-18)20-15-28-22(25-20)32-23(26-28)27-12-2-4-17(14-27)21(29)24-11-10-19-5-3-13-31-19/h3,5-9,13,15,17H,2,4,10-12,14H2,1H3,(H,24,29)/t17-/m0/s1. The zero-order valence-electron chi connectivity index (χ0n) is 17.9. The molecule has 1 fully saturated rings. The smallest absolute Gasteiger partial charge is 0.224 e. The normalized spacial score (nSPS) is 16.4. The summed E-state index contributed by atoms with van der Waals surface area (Å²) in [6, 6.07) is 12.0. The fraction of sp³-hybridized carbons (Fsp3) is 0.348. The summed E-state index contributed by atoms with van der Waals surface area (Å²) in [6.45, 7) is 2.31. The second kappa shape index (κ2) is 9.30. The lowest BCUT2D eigenvalue weighted by Crippen LogP contribution is -2.43. The van der Waals surface area contributed by atoms with Crippen LogP contribution in [0, 0.1) is 5.92 Å². The van der Waals surface area contributed by atoms with Crippen LogP contribution in [0.3, 0.4) is 0 Å². The van der Waals surface area contributed by atoms with Gasteiger partial charge in [-0.1, -0.05) is 17.4 Å². The quantitative estimate of drug-likeness (QED) is 0.443. The first-order valence-corrected chi connectivity index (χ1v) is 12.4. The number of piperidine rings is 1. The molecule has 1 aliphatic heterocycles. The molecule has 0 bridgehead atoms. The third-order valence-corrected chi connectivity index (χ3v) is 7.65. The van der Waals surface area contributed by atoms with E-state index in [0.29, 0.717) is 13.1 Å². The molecule has 1 saturated heterocycles. The van der Waals surface area contributed by atoms with Crippen molar-refractivity contribution < 1.29 is 9.53 Å². The monoisotopic (exact) mass is 467 g/mol. The molecule has 0 spiro atoms. The molecule has 1 N–H and O–H groups in total. The number of benzene rings is 1. The minimum Gasteiger partial charge on any atom is -0.497 e. The summed E-state index contributed by atoms with van der Waals surface area (Å²) in [4.78, 5) is 21.8. The van der Waals surface area contributed by atoms with E-state index >= 15 is 0 Å². The van der Waals surface area contributed by atoms with Crippen LogP contribution in [0.4, 0.5) is 5.13 Å². The van der Waals surface area contributed by atoms with E-state index in [4.69, 9.17) is 14.8 Å². The molecule has 0 unspecified atom stereocenters. The number of hydrogen-bond acceptors (Lipinski definition) is 7. The van der Waals surface area contributed by atoms with Gasteiger partial charge in [-0.2, -0.15) is 0 Å². The first kappa shape index (κ1) is 21.0.